The Balaban J connectivity index is 0. The van der Waals surface area contributed by atoms with Crippen LogP contribution in [0.5, 0.6) is 0 Å². The van der Waals surface area contributed by atoms with Gasteiger partial charge in [-0.1, -0.05) is 0 Å². The molecule has 0 aliphatic heterocycles. The molecule has 0 rings (SSSR count). The summed E-state index contributed by atoms with van der Waals surface area (Å²) < 4.78 is 0. The standard InChI is InChI=1S/C5H3BrO.W/c6-4-2-1-3-5-7;/h1-2,5H;/q-2;+2. The van der Waals surface area contributed by atoms with Crippen LogP contribution in [0.25, 0.3) is 0 Å². The molecule has 0 unspecified atom stereocenters. The largest absolute Gasteiger partial charge is 2.00 e. The Kier molecular flexibility index (Phi) is 14.4. The molecule has 0 saturated carbocycles. The van der Waals surface area contributed by atoms with Crippen molar-refractivity contribution >= 4 is 22.2 Å². The maximum absolute atomic E-state index is 9.47. The molecule has 0 atom stereocenters. The first-order valence-corrected chi connectivity index (χ1v) is 2.42. The maximum atomic E-state index is 9.47. The number of carbonyl (C=O) groups excluding carboxylic acids is 1. The van der Waals surface area contributed by atoms with Crippen LogP contribution in [0.1, 0.15) is 0 Å². The topological polar surface area (TPSA) is 17.1 Å². The van der Waals surface area contributed by atoms with Crippen molar-refractivity contribution in [2.45, 2.75) is 0 Å². The van der Waals surface area contributed by atoms with Crippen molar-refractivity contribution in [3.63, 3.8) is 0 Å². The number of halogens is 1. The Morgan fingerprint density at radius 1 is 1.38 bits per heavy atom. The Bertz CT molecular complexity index is 98.6. The van der Waals surface area contributed by atoms with Gasteiger partial charge in [0.2, 0.25) is 0 Å². The number of rotatable bonds is 2. The molecule has 0 bridgehead atoms. The number of allylic oxidation sites excluding steroid dienone is 3. The molecule has 0 spiro atoms. The number of aldehydes is 1. The van der Waals surface area contributed by atoms with E-state index < -0.39 is 0 Å². The Labute approximate surface area is 71.2 Å². The average molecular weight is 343 g/mol. The molecule has 0 N–H and O–H groups in total. The zero-order valence-corrected chi connectivity index (χ0v) is 8.45. The van der Waals surface area contributed by atoms with Crippen LogP contribution < -0.4 is 0 Å². The monoisotopic (exact) mass is 342 g/mol. The van der Waals surface area contributed by atoms with E-state index in [1.54, 1.807) is 0 Å². The minimum absolute atomic E-state index is 0. The minimum Gasteiger partial charge on any atom is -0.383 e. The first-order chi connectivity index (χ1) is 3.41. The predicted molar refractivity (Wildman–Crippen MR) is 30.6 cm³/mol. The molecule has 0 saturated heterocycles. The summed E-state index contributed by atoms with van der Waals surface area (Å²) in [5.74, 6) is 0. The fourth-order valence-corrected chi connectivity index (χ4v) is 0.251. The number of hydrogen-bond acceptors (Lipinski definition) is 1. The second kappa shape index (κ2) is 10.3. The van der Waals surface area contributed by atoms with Crippen LogP contribution in [-0.2, 0) is 25.9 Å². The molecule has 0 aromatic heterocycles. The van der Waals surface area contributed by atoms with Crippen molar-refractivity contribution in [1.82, 2.24) is 0 Å². The van der Waals surface area contributed by atoms with Crippen molar-refractivity contribution in [3.05, 3.63) is 23.2 Å². The van der Waals surface area contributed by atoms with Gasteiger partial charge in [-0.2, -0.15) is 0 Å². The van der Waals surface area contributed by atoms with E-state index in [0.29, 0.717) is 6.29 Å². The molecule has 3 heteroatoms. The van der Waals surface area contributed by atoms with Crippen molar-refractivity contribution < 1.29 is 25.9 Å². The molecule has 0 heterocycles. The van der Waals surface area contributed by atoms with Gasteiger partial charge in [0, 0.05) is 6.29 Å². The van der Waals surface area contributed by atoms with Gasteiger partial charge in [0.1, 0.15) is 0 Å². The van der Waals surface area contributed by atoms with Crippen LogP contribution in [0.2, 0.25) is 0 Å². The van der Waals surface area contributed by atoms with Crippen LogP contribution in [-0.4, -0.2) is 6.29 Å². The van der Waals surface area contributed by atoms with E-state index >= 15 is 0 Å². The second-order valence-electron chi connectivity index (χ2n) is 0.727. The normalized spacial score (nSPS) is 9.62. The SMILES string of the molecule is O=C[C-]=CC=[C-]Br.[W+2]. The third kappa shape index (κ3) is 9.58. The first-order valence-electron chi connectivity index (χ1n) is 1.62. The van der Waals surface area contributed by atoms with E-state index in [2.05, 4.69) is 27.0 Å². The van der Waals surface area contributed by atoms with Gasteiger partial charge in [0.25, 0.3) is 0 Å². The van der Waals surface area contributed by atoms with Gasteiger partial charge in [0.05, 0.1) is 0 Å². The van der Waals surface area contributed by atoms with E-state index in [1.165, 1.54) is 12.2 Å². The summed E-state index contributed by atoms with van der Waals surface area (Å²) in [5.41, 5.74) is 0. The summed E-state index contributed by atoms with van der Waals surface area (Å²) >= 11 is 2.89. The van der Waals surface area contributed by atoms with E-state index in [9.17, 15) is 4.79 Å². The molecular formula is C5H3BrOW. The van der Waals surface area contributed by atoms with Gasteiger partial charge in [-0.3, -0.25) is 0 Å². The molecule has 0 aliphatic rings. The Hall–Kier alpha value is 0.318. The second-order valence-corrected chi connectivity index (χ2v) is 1.18. The maximum Gasteiger partial charge on any atom is 2.00 e. The molecule has 1 nitrogen and oxygen atoms in total. The summed E-state index contributed by atoms with van der Waals surface area (Å²) in [6.45, 7) is 0. The van der Waals surface area contributed by atoms with Gasteiger partial charge in [-0.25, -0.2) is 15.9 Å². The Morgan fingerprint density at radius 2 is 2.00 bits per heavy atom. The summed E-state index contributed by atoms with van der Waals surface area (Å²) in [6, 6.07) is 0. The van der Waals surface area contributed by atoms with Crippen LogP contribution in [0.15, 0.2) is 12.2 Å². The molecule has 0 aliphatic carbocycles. The van der Waals surface area contributed by atoms with Gasteiger partial charge in [-0.15, -0.1) is 0 Å². The molecule has 0 amide bonds. The van der Waals surface area contributed by atoms with Gasteiger partial charge >= 0.3 is 21.1 Å². The third-order valence-electron chi connectivity index (χ3n) is 0.311. The fourth-order valence-electron chi connectivity index (χ4n) is 0.119. The number of hydrogen-bond donors (Lipinski definition) is 0. The van der Waals surface area contributed by atoms with Gasteiger partial charge < -0.3 is 28.0 Å². The Morgan fingerprint density at radius 3 is 2.38 bits per heavy atom. The van der Waals surface area contributed by atoms with E-state index in [1.807, 2.05) is 0 Å². The van der Waals surface area contributed by atoms with Crippen molar-refractivity contribution in [2.24, 2.45) is 0 Å². The van der Waals surface area contributed by atoms with Crippen LogP contribution >= 0.6 is 15.9 Å². The minimum atomic E-state index is 0. The van der Waals surface area contributed by atoms with E-state index in [0.717, 1.165) is 0 Å². The molecule has 0 radical (unpaired) electrons. The first kappa shape index (κ1) is 11.2. The van der Waals surface area contributed by atoms with Crippen LogP contribution in [0.3, 0.4) is 0 Å². The summed E-state index contributed by atoms with van der Waals surface area (Å²) in [6.07, 6.45) is 5.88. The molecular weight excluding hydrogens is 340 g/mol. The summed E-state index contributed by atoms with van der Waals surface area (Å²) in [7, 11) is 0. The fraction of sp³-hybridized carbons (Fsp3) is 0. The molecule has 0 fully saturated rings. The van der Waals surface area contributed by atoms with Crippen LogP contribution in [0.4, 0.5) is 0 Å². The zero-order valence-electron chi connectivity index (χ0n) is 3.93. The molecule has 0 aromatic rings. The van der Waals surface area contributed by atoms with Crippen molar-refractivity contribution in [2.75, 3.05) is 0 Å². The number of carbonyl (C=O) groups is 1. The van der Waals surface area contributed by atoms with Crippen LogP contribution in [0, 0.1) is 11.1 Å². The molecule has 8 heavy (non-hydrogen) atoms. The smallest absolute Gasteiger partial charge is 0.383 e. The van der Waals surface area contributed by atoms with Crippen molar-refractivity contribution in [3.8, 4) is 0 Å². The quantitative estimate of drug-likeness (QED) is 0.319. The van der Waals surface area contributed by atoms with Gasteiger partial charge in [0.15, 0.2) is 0 Å². The molecule has 42 valence electrons. The average Bonchev–Trinajstić information content (AvgIpc) is 1.69. The predicted octanol–water partition coefficient (Wildman–Crippen LogP) is 1.25. The zero-order chi connectivity index (χ0) is 5.54. The summed E-state index contributed by atoms with van der Waals surface area (Å²) in [4.78, 5) is 12.0. The third-order valence-corrected chi connectivity index (χ3v) is 0.575. The van der Waals surface area contributed by atoms with Crippen molar-refractivity contribution in [1.29, 1.82) is 0 Å². The molecule has 0 aromatic carbocycles. The van der Waals surface area contributed by atoms with E-state index in [-0.39, 0.29) is 21.1 Å². The summed E-state index contributed by atoms with van der Waals surface area (Å²) in [5, 5.41) is 0. The van der Waals surface area contributed by atoms with E-state index in [4.69, 9.17) is 0 Å². The van der Waals surface area contributed by atoms with Gasteiger partial charge in [-0.05, 0) is 0 Å².